The van der Waals surface area contributed by atoms with E-state index in [0.29, 0.717) is 10.6 Å². The van der Waals surface area contributed by atoms with E-state index >= 15 is 0 Å². The molecular weight excluding hydrogens is 376 g/mol. The van der Waals surface area contributed by atoms with Gasteiger partial charge in [0.1, 0.15) is 10.7 Å². The van der Waals surface area contributed by atoms with Gasteiger partial charge in [-0.15, -0.1) is 0 Å². The molecule has 1 N–H and O–H groups in total. The van der Waals surface area contributed by atoms with E-state index in [1.54, 1.807) is 24.3 Å². The van der Waals surface area contributed by atoms with E-state index in [-0.39, 0.29) is 11.8 Å². The summed E-state index contributed by atoms with van der Waals surface area (Å²) in [5.74, 6) is -0.0857. The lowest BCUT2D eigenvalue weighted by atomic mass is 9.97. The number of thiocyanates is 1. The highest BCUT2D eigenvalue weighted by molar-refractivity contribution is 8.05. The smallest absolute Gasteiger partial charge is 0.179 e. The molecule has 0 radical (unpaired) electrons. The number of nitriles is 1. The fraction of sp³-hybridized carbons (Fsp3) is 0.0909. The molecule has 3 nitrogen and oxygen atoms in total. The molecule has 2 unspecified atom stereocenters. The van der Waals surface area contributed by atoms with Crippen molar-refractivity contribution < 1.29 is 4.79 Å². The third-order valence-corrected chi connectivity index (χ3v) is 5.22. The van der Waals surface area contributed by atoms with Gasteiger partial charge in [-0.2, -0.15) is 5.26 Å². The van der Waals surface area contributed by atoms with Gasteiger partial charge >= 0.3 is 0 Å². The van der Waals surface area contributed by atoms with Gasteiger partial charge in [-0.05, 0) is 41.6 Å². The van der Waals surface area contributed by atoms with E-state index in [1.165, 1.54) is 0 Å². The second-order valence-corrected chi connectivity index (χ2v) is 7.26. The molecule has 0 spiro atoms. The maximum atomic E-state index is 13.2. The fourth-order valence-corrected chi connectivity index (χ4v) is 3.66. The molecule has 3 aromatic rings. The quantitative estimate of drug-likeness (QED) is 0.398. The Kier molecular flexibility index (Phi) is 6.54. The predicted molar refractivity (Wildman–Crippen MR) is 112 cm³/mol. The minimum Gasteiger partial charge on any atom is -0.377 e. The van der Waals surface area contributed by atoms with Crippen LogP contribution in [-0.2, 0) is 0 Å². The molecule has 0 saturated heterocycles. The average Bonchev–Trinajstić information content (AvgIpc) is 2.73. The fourth-order valence-electron chi connectivity index (χ4n) is 2.82. The van der Waals surface area contributed by atoms with Gasteiger partial charge in [0.15, 0.2) is 5.78 Å². The first-order valence-electron chi connectivity index (χ1n) is 8.40. The van der Waals surface area contributed by atoms with Crippen molar-refractivity contribution in [1.29, 1.82) is 5.26 Å². The van der Waals surface area contributed by atoms with Gasteiger partial charge in [-0.1, -0.05) is 72.3 Å². The highest BCUT2D eigenvalue weighted by Gasteiger charge is 2.31. The van der Waals surface area contributed by atoms with E-state index in [0.717, 1.165) is 23.0 Å². The average molecular weight is 393 g/mol. The Morgan fingerprint density at radius 1 is 0.926 bits per heavy atom. The largest absolute Gasteiger partial charge is 0.377 e. The molecular formula is C22H17ClN2OS. The number of carbonyl (C=O) groups is 1. The molecule has 0 aromatic heterocycles. The first-order chi connectivity index (χ1) is 13.2. The Morgan fingerprint density at radius 2 is 1.52 bits per heavy atom. The lowest BCUT2D eigenvalue weighted by molar-refractivity contribution is 0.0983. The first kappa shape index (κ1) is 19.0. The van der Waals surface area contributed by atoms with Crippen molar-refractivity contribution in [1.82, 2.24) is 0 Å². The summed E-state index contributed by atoms with van der Waals surface area (Å²) in [7, 11) is 0. The summed E-state index contributed by atoms with van der Waals surface area (Å²) in [5, 5.41) is 14.9. The maximum Gasteiger partial charge on any atom is 0.179 e. The van der Waals surface area contributed by atoms with Crippen LogP contribution in [0.3, 0.4) is 0 Å². The van der Waals surface area contributed by atoms with Crippen LogP contribution < -0.4 is 5.32 Å². The summed E-state index contributed by atoms with van der Waals surface area (Å²) in [4.78, 5) is 13.2. The third-order valence-electron chi connectivity index (χ3n) is 4.12. The van der Waals surface area contributed by atoms with Crippen molar-refractivity contribution in [3.05, 3.63) is 101 Å². The van der Waals surface area contributed by atoms with Crippen LogP contribution in [0.5, 0.6) is 0 Å². The van der Waals surface area contributed by atoms with Gasteiger partial charge in [0.25, 0.3) is 0 Å². The van der Waals surface area contributed by atoms with E-state index in [4.69, 9.17) is 11.6 Å². The number of Topliss-reactive ketones (excluding diaryl/α,β-unsaturated/α-hetero) is 1. The summed E-state index contributed by atoms with van der Waals surface area (Å²) in [6, 6.07) is 25.7. The Balaban J connectivity index is 1.99. The van der Waals surface area contributed by atoms with Crippen LogP contribution in [0.1, 0.15) is 22.0 Å². The van der Waals surface area contributed by atoms with E-state index in [1.807, 2.05) is 60.7 Å². The van der Waals surface area contributed by atoms with Crippen molar-refractivity contribution in [2.75, 3.05) is 5.32 Å². The number of benzene rings is 3. The Hall–Kier alpha value is -2.74. The van der Waals surface area contributed by atoms with Crippen LogP contribution in [0.2, 0.25) is 5.02 Å². The van der Waals surface area contributed by atoms with E-state index in [9.17, 15) is 10.1 Å². The van der Waals surface area contributed by atoms with Crippen LogP contribution in [0, 0.1) is 10.7 Å². The van der Waals surface area contributed by atoms with Crippen molar-refractivity contribution in [2.45, 2.75) is 11.3 Å². The number of thioether (sulfide) groups is 1. The van der Waals surface area contributed by atoms with E-state index < -0.39 is 5.25 Å². The number of carbonyl (C=O) groups excluding carboxylic acids is 1. The molecule has 0 aliphatic carbocycles. The van der Waals surface area contributed by atoms with Crippen molar-refractivity contribution in [3.8, 4) is 5.40 Å². The summed E-state index contributed by atoms with van der Waals surface area (Å²) in [5.41, 5.74) is 2.35. The minimum atomic E-state index is -0.601. The number of hydrogen-bond acceptors (Lipinski definition) is 4. The number of hydrogen-bond donors (Lipinski definition) is 1. The number of anilines is 1. The highest BCUT2D eigenvalue weighted by atomic mass is 35.5. The van der Waals surface area contributed by atoms with Crippen LogP contribution in [0.4, 0.5) is 5.69 Å². The monoisotopic (exact) mass is 392 g/mol. The lowest BCUT2D eigenvalue weighted by Gasteiger charge is -2.26. The maximum absolute atomic E-state index is 13.2. The first-order valence-corrected chi connectivity index (χ1v) is 9.66. The second kappa shape index (κ2) is 9.27. The normalized spacial score (nSPS) is 12.6. The molecule has 0 amide bonds. The molecule has 0 aliphatic heterocycles. The number of rotatable bonds is 7. The lowest BCUT2D eigenvalue weighted by Crippen LogP contribution is -2.30. The zero-order valence-corrected chi connectivity index (χ0v) is 16.0. The molecule has 3 aromatic carbocycles. The Bertz CT molecular complexity index is 924. The SMILES string of the molecule is N#CSC(C(=O)c1ccccc1)C(Nc1ccc(Cl)cc1)c1ccccc1. The second-order valence-electron chi connectivity index (χ2n) is 5.90. The Labute approximate surface area is 168 Å². The number of nitrogens with one attached hydrogen (secondary N) is 1. The molecule has 3 rings (SSSR count). The summed E-state index contributed by atoms with van der Waals surface area (Å²) >= 11 is 6.95. The standard InChI is InChI=1S/C22H17ClN2OS/c23-18-11-13-19(14-12-18)25-20(16-7-3-1-4-8-16)22(27-15-24)21(26)17-9-5-2-6-10-17/h1-14,20,22,25H. The molecule has 0 heterocycles. The topological polar surface area (TPSA) is 52.9 Å². The molecule has 0 fully saturated rings. The number of halogens is 1. The molecule has 0 saturated carbocycles. The summed E-state index contributed by atoms with van der Waals surface area (Å²) in [6.07, 6.45) is 0. The molecule has 2 atom stereocenters. The number of ketones is 1. The van der Waals surface area contributed by atoms with Gasteiger partial charge in [0.05, 0.1) is 6.04 Å². The van der Waals surface area contributed by atoms with Crippen LogP contribution >= 0.6 is 23.4 Å². The zero-order valence-electron chi connectivity index (χ0n) is 14.4. The molecule has 5 heteroatoms. The third kappa shape index (κ3) is 4.91. The van der Waals surface area contributed by atoms with Crippen LogP contribution in [0.15, 0.2) is 84.9 Å². The van der Waals surface area contributed by atoms with Gasteiger partial charge in [-0.25, -0.2) is 0 Å². The summed E-state index contributed by atoms with van der Waals surface area (Å²) in [6.45, 7) is 0. The van der Waals surface area contributed by atoms with Crippen molar-refractivity contribution in [2.24, 2.45) is 0 Å². The van der Waals surface area contributed by atoms with E-state index in [2.05, 4.69) is 10.7 Å². The van der Waals surface area contributed by atoms with Crippen molar-refractivity contribution >= 4 is 34.8 Å². The molecule has 0 aliphatic rings. The zero-order chi connectivity index (χ0) is 19.1. The van der Waals surface area contributed by atoms with Crippen LogP contribution in [-0.4, -0.2) is 11.0 Å². The minimum absolute atomic E-state index is 0.0857. The Morgan fingerprint density at radius 3 is 2.11 bits per heavy atom. The molecule has 134 valence electrons. The number of nitrogens with zero attached hydrogens (tertiary/aromatic N) is 1. The highest BCUT2D eigenvalue weighted by Crippen LogP contribution is 2.32. The van der Waals surface area contributed by atoms with Crippen LogP contribution in [0.25, 0.3) is 0 Å². The van der Waals surface area contributed by atoms with Crippen molar-refractivity contribution in [3.63, 3.8) is 0 Å². The van der Waals surface area contributed by atoms with Gasteiger partial charge in [0, 0.05) is 16.3 Å². The predicted octanol–water partition coefficient (Wildman–Crippen LogP) is 5.96. The molecule has 0 bridgehead atoms. The molecule has 27 heavy (non-hydrogen) atoms. The van der Waals surface area contributed by atoms with Gasteiger partial charge < -0.3 is 5.32 Å². The summed E-state index contributed by atoms with van der Waals surface area (Å²) < 4.78 is 0. The van der Waals surface area contributed by atoms with Gasteiger partial charge in [-0.3, -0.25) is 4.79 Å². The van der Waals surface area contributed by atoms with Gasteiger partial charge in [0.2, 0.25) is 0 Å².